The molecule has 0 aromatic carbocycles. The number of carboxylic acid groups (broad SMARTS) is 1. The maximum Gasteiger partial charge on any atom is 0.336 e. The zero-order valence-corrected chi connectivity index (χ0v) is 27.4. The van der Waals surface area contributed by atoms with Gasteiger partial charge in [-0.05, 0) is 142 Å². The van der Waals surface area contributed by atoms with Gasteiger partial charge in [-0.15, -0.1) is 0 Å². The quantitative estimate of drug-likeness (QED) is 0.309. The molecule has 11 atom stereocenters. The molecule has 0 bridgehead atoms. The molecule has 0 radical (unpaired) electrons. The number of rotatable bonds is 1. The van der Waals surface area contributed by atoms with Gasteiger partial charge in [0.2, 0.25) is 0 Å². The first-order chi connectivity index (χ1) is 17.6. The van der Waals surface area contributed by atoms with Crippen molar-refractivity contribution in [3.8, 4) is 0 Å². The lowest BCUT2D eigenvalue weighted by atomic mass is 9.30. The SMILES string of the molecule is CC(C)(C)N.C[C@@H]1[C@H]2[C@H]3CC[C@@H]4[C@]5(C)[C@@H](CC[C@@]4(C)[C@]3(C)CC[C@@]2(C)CC[C@H]1C)C(C)(C)CCC5(O)C(=O)O. The monoisotopic (exact) mass is 545 g/mol. The van der Waals surface area contributed by atoms with Crippen LogP contribution in [0.5, 0.6) is 0 Å². The van der Waals surface area contributed by atoms with E-state index in [1.807, 2.05) is 20.8 Å². The fourth-order valence-corrected chi connectivity index (χ4v) is 12.0. The lowest BCUT2D eigenvalue weighted by molar-refractivity contribution is -0.290. The third kappa shape index (κ3) is 4.47. The molecule has 4 heteroatoms. The van der Waals surface area contributed by atoms with E-state index in [1.54, 1.807) is 0 Å². The van der Waals surface area contributed by atoms with Crippen molar-refractivity contribution in [1.82, 2.24) is 0 Å². The summed E-state index contributed by atoms with van der Waals surface area (Å²) >= 11 is 0. The van der Waals surface area contributed by atoms with Crippen LogP contribution in [0.15, 0.2) is 0 Å². The van der Waals surface area contributed by atoms with E-state index in [0.717, 1.165) is 42.9 Å². The molecular weight excluding hydrogens is 482 g/mol. The smallest absolute Gasteiger partial charge is 0.336 e. The van der Waals surface area contributed by atoms with E-state index in [1.165, 1.54) is 38.5 Å². The Balaban J connectivity index is 0.000000648. The second-order valence-electron chi connectivity index (χ2n) is 18.0. The minimum absolute atomic E-state index is 0. The molecule has 39 heavy (non-hydrogen) atoms. The lowest BCUT2D eigenvalue weighted by Gasteiger charge is -2.75. The van der Waals surface area contributed by atoms with Gasteiger partial charge in [0.25, 0.3) is 0 Å². The molecule has 0 spiro atoms. The fourth-order valence-electron chi connectivity index (χ4n) is 12.0. The molecule has 5 aliphatic rings. The average molecular weight is 546 g/mol. The number of aliphatic carboxylic acids is 1. The molecule has 0 aromatic rings. The first kappa shape index (κ1) is 31.3. The number of hydrogen-bond acceptors (Lipinski definition) is 3. The third-order valence-corrected chi connectivity index (χ3v) is 14.5. The molecule has 5 saturated carbocycles. The van der Waals surface area contributed by atoms with Gasteiger partial charge in [-0.2, -0.15) is 0 Å². The summed E-state index contributed by atoms with van der Waals surface area (Å²) in [4.78, 5) is 12.7. The Hall–Kier alpha value is -0.610. The van der Waals surface area contributed by atoms with Crippen molar-refractivity contribution in [2.24, 2.45) is 68.3 Å². The van der Waals surface area contributed by atoms with Crippen molar-refractivity contribution in [1.29, 1.82) is 0 Å². The van der Waals surface area contributed by atoms with Crippen molar-refractivity contribution < 1.29 is 15.0 Å². The van der Waals surface area contributed by atoms with Gasteiger partial charge in [-0.1, -0.05) is 55.4 Å². The van der Waals surface area contributed by atoms with Crippen LogP contribution in [-0.2, 0) is 4.79 Å². The molecule has 4 nitrogen and oxygen atoms in total. The molecule has 226 valence electrons. The van der Waals surface area contributed by atoms with Gasteiger partial charge in [0, 0.05) is 11.0 Å². The Labute approximate surface area is 240 Å². The minimum atomic E-state index is -1.61. The van der Waals surface area contributed by atoms with Gasteiger partial charge in [0.15, 0.2) is 5.60 Å². The molecule has 0 heterocycles. The Morgan fingerprint density at radius 2 is 1.36 bits per heavy atom. The largest absolute Gasteiger partial charge is 0.479 e. The summed E-state index contributed by atoms with van der Waals surface area (Å²) in [5, 5.41) is 22.4. The van der Waals surface area contributed by atoms with Crippen LogP contribution in [0.25, 0.3) is 0 Å². The Kier molecular flexibility index (Phi) is 7.59. The summed E-state index contributed by atoms with van der Waals surface area (Å²) in [5.41, 5.74) is 4.02. The van der Waals surface area contributed by atoms with Gasteiger partial charge in [0.1, 0.15) is 0 Å². The normalized spacial score (nSPS) is 52.6. The van der Waals surface area contributed by atoms with E-state index in [2.05, 4.69) is 55.4 Å². The van der Waals surface area contributed by atoms with Crippen molar-refractivity contribution in [2.75, 3.05) is 0 Å². The van der Waals surface area contributed by atoms with E-state index in [0.29, 0.717) is 11.8 Å². The fraction of sp³-hybridized carbons (Fsp3) is 0.971. The van der Waals surface area contributed by atoms with Gasteiger partial charge >= 0.3 is 5.97 Å². The first-order valence-corrected chi connectivity index (χ1v) is 16.3. The summed E-state index contributed by atoms with van der Waals surface area (Å²) in [6, 6.07) is 0. The summed E-state index contributed by atoms with van der Waals surface area (Å²) in [5.74, 6) is 2.62. The molecule has 5 aliphatic carbocycles. The average Bonchev–Trinajstić information content (AvgIpc) is 2.79. The molecule has 1 unspecified atom stereocenters. The van der Waals surface area contributed by atoms with Crippen LogP contribution < -0.4 is 5.73 Å². The second-order valence-corrected chi connectivity index (χ2v) is 18.0. The molecule has 0 aromatic heterocycles. The highest BCUT2D eigenvalue weighted by Gasteiger charge is 2.74. The maximum atomic E-state index is 12.7. The van der Waals surface area contributed by atoms with Crippen molar-refractivity contribution >= 4 is 5.97 Å². The van der Waals surface area contributed by atoms with Crippen molar-refractivity contribution in [3.05, 3.63) is 0 Å². The number of aliphatic hydroxyl groups is 1. The highest BCUT2D eigenvalue weighted by molar-refractivity contribution is 5.79. The summed E-state index contributed by atoms with van der Waals surface area (Å²) in [7, 11) is 0. The topological polar surface area (TPSA) is 83.5 Å². The number of carboxylic acids is 1. The van der Waals surface area contributed by atoms with E-state index < -0.39 is 17.0 Å². The van der Waals surface area contributed by atoms with Crippen LogP contribution in [0.3, 0.4) is 0 Å². The first-order valence-electron chi connectivity index (χ1n) is 16.3. The van der Waals surface area contributed by atoms with Crippen LogP contribution in [0.4, 0.5) is 0 Å². The van der Waals surface area contributed by atoms with Crippen LogP contribution in [0, 0.1) is 62.6 Å². The van der Waals surface area contributed by atoms with Gasteiger partial charge in [-0.25, -0.2) is 4.79 Å². The molecule has 0 amide bonds. The third-order valence-electron chi connectivity index (χ3n) is 14.5. The van der Waals surface area contributed by atoms with Crippen molar-refractivity contribution in [2.45, 2.75) is 152 Å². The van der Waals surface area contributed by atoms with Crippen LogP contribution in [0.2, 0.25) is 0 Å². The van der Waals surface area contributed by atoms with Gasteiger partial charge in [-0.3, -0.25) is 0 Å². The molecule has 4 N–H and O–H groups in total. The van der Waals surface area contributed by atoms with E-state index in [9.17, 15) is 15.0 Å². The summed E-state index contributed by atoms with van der Waals surface area (Å²) in [6.07, 6.45) is 11.1. The standard InChI is InChI=1S/C31H52O3.C4H11N/c1-19-11-13-27(5)16-17-28(6)21(24(27)20(19)2)9-10-23-29(28,7)14-12-22-26(3,4)15-18-31(34,25(32)33)30(22,23)8;1-4(2,3)5/h19-24,34H,9-18H2,1-8H3,(H,32,33);5H2,1-3H3/t19-,20+,21-,22+,23+,24+,27-,28-,29-,30+,31?;/m1./s1. The molecule has 0 saturated heterocycles. The Bertz CT molecular complexity index is 948. The number of fused-ring (bicyclic) bond motifs is 7. The van der Waals surface area contributed by atoms with Crippen LogP contribution >= 0.6 is 0 Å². The minimum Gasteiger partial charge on any atom is -0.479 e. The summed E-state index contributed by atoms with van der Waals surface area (Å²) < 4.78 is 0. The molecule has 5 fully saturated rings. The van der Waals surface area contributed by atoms with Crippen LogP contribution in [-0.4, -0.2) is 27.3 Å². The lowest BCUT2D eigenvalue weighted by Crippen LogP contribution is -2.73. The van der Waals surface area contributed by atoms with E-state index >= 15 is 0 Å². The Morgan fingerprint density at radius 1 is 0.769 bits per heavy atom. The Morgan fingerprint density at radius 3 is 1.92 bits per heavy atom. The number of hydrogen-bond donors (Lipinski definition) is 3. The van der Waals surface area contributed by atoms with E-state index in [4.69, 9.17) is 5.73 Å². The van der Waals surface area contributed by atoms with Gasteiger partial charge < -0.3 is 15.9 Å². The maximum absolute atomic E-state index is 12.7. The zero-order valence-electron chi connectivity index (χ0n) is 27.4. The van der Waals surface area contributed by atoms with Crippen LogP contribution in [0.1, 0.15) is 140 Å². The zero-order chi connectivity index (χ0) is 29.6. The van der Waals surface area contributed by atoms with Crippen molar-refractivity contribution in [3.63, 3.8) is 0 Å². The molecular formula is C35H63NO3. The van der Waals surface area contributed by atoms with Gasteiger partial charge in [0.05, 0.1) is 0 Å². The molecule has 5 rings (SSSR count). The molecule has 0 aliphatic heterocycles. The second kappa shape index (κ2) is 9.45. The predicted molar refractivity (Wildman–Crippen MR) is 161 cm³/mol. The number of nitrogens with two attached hydrogens (primary N) is 1. The highest BCUT2D eigenvalue weighted by atomic mass is 16.4. The van der Waals surface area contributed by atoms with E-state index in [-0.39, 0.29) is 33.6 Å². The predicted octanol–water partition coefficient (Wildman–Crippen LogP) is 8.30. The number of carbonyl (C=O) groups is 1. The highest BCUT2D eigenvalue weighted by Crippen LogP contribution is 2.78. The summed E-state index contributed by atoms with van der Waals surface area (Å²) in [6.45, 7) is 25.5.